The maximum atomic E-state index is 10.7. The molecular formula is C13H19BrN4O2. The first-order valence-corrected chi connectivity index (χ1v) is 7.66. The zero-order valence-electron chi connectivity index (χ0n) is 11.5. The molecule has 2 heterocycles. The Hall–Kier alpha value is -1.21. The number of halogens is 1. The lowest BCUT2D eigenvalue weighted by Gasteiger charge is -2.30. The Kier molecular flexibility index (Phi) is 5.31. The van der Waals surface area contributed by atoms with Crippen molar-refractivity contribution in [3.05, 3.63) is 26.9 Å². The molecule has 0 aromatic carbocycles. The van der Waals surface area contributed by atoms with Crippen LogP contribution in [0.2, 0.25) is 0 Å². The fourth-order valence-electron chi connectivity index (χ4n) is 2.49. The number of piperidine rings is 1. The first-order chi connectivity index (χ1) is 9.61. The number of anilines is 1. The van der Waals surface area contributed by atoms with E-state index in [2.05, 4.69) is 38.1 Å². The number of rotatable bonds is 5. The van der Waals surface area contributed by atoms with E-state index in [0.29, 0.717) is 10.4 Å². The summed E-state index contributed by atoms with van der Waals surface area (Å²) in [6, 6.07) is 1.52. The fourth-order valence-corrected chi connectivity index (χ4v) is 3.08. The van der Waals surface area contributed by atoms with Gasteiger partial charge in [-0.25, -0.2) is 4.98 Å². The average Bonchev–Trinajstić information content (AvgIpc) is 2.46. The van der Waals surface area contributed by atoms with Crippen LogP contribution in [0.3, 0.4) is 0 Å². The van der Waals surface area contributed by atoms with E-state index in [1.165, 1.54) is 25.1 Å². The zero-order valence-corrected chi connectivity index (χ0v) is 13.1. The standard InChI is InChI=1S/C13H19BrN4O2/c1-2-17(9-10-3-5-15-6-4-10)13-12(14)7-11(8-16-13)18(19)20/h7-8,10,15H,2-6,9H2,1H3. The van der Waals surface area contributed by atoms with Gasteiger partial charge in [0.15, 0.2) is 0 Å². The molecule has 0 amide bonds. The highest BCUT2D eigenvalue weighted by Crippen LogP contribution is 2.28. The quantitative estimate of drug-likeness (QED) is 0.657. The summed E-state index contributed by atoms with van der Waals surface area (Å²) in [6.45, 7) is 6.00. The molecule has 1 aliphatic rings. The van der Waals surface area contributed by atoms with Crippen molar-refractivity contribution in [3.8, 4) is 0 Å². The van der Waals surface area contributed by atoms with Crippen molar-refractivity contribution < 1.29 is 4.92 Å². The Bertz CT molecular complexity index is 477. The first kappa shape index (κ1) is 15.2. The fraction of sp³-hybridized carbons (Fsp3) is 0.615. The topological polar surface area (TPSA) is 71.3 Å². The molecule has 0 radical (unpaired) electrons. The normalized spacial score (nSPS) is 16.1. The van der Waals surface area contributed by atoms with Crippen LogP contribution >= 0.6 is 15.9 Å². The minimum Gasteiger partial charge on any atom is -0.356 e. The van der Waals surface area contributed by atoms with E-state index < -0.39 is 4.92 Å². The van der Waals surface area contributed by atoms with Crippen LogP contribution in [0, 0.1) is 16.0 Å². The molecule has 1 N–H and O–H groups in total. The monoisotopic (exact) mass is 342 g/mol. The van der Waals surface area contributed by atoms with Crippen LogP contribution in [0.25, 0.3) is 0 Å². The van der Waals surface area contributed by atoms with Crippen LogP contribution in [-0.2, 0) is 0 Å². The third-order valence-corrected chi connectivity index (χ3v) is 4.22. The highest BCUT2D eigenvalue weighted by molar-refractivity contribution is 9.10. The second-order valence-corrected chi connectivity index (χ2v) is 5.84. The highest BCUT2D eigenvalue weighted by atomic mass is 79.9. The summed E-state index contributed by atoms with van der Waals surface area (Å²) >= 11 is 3.40. The van der Waals surface area contributed by atoms with E-state index in [4.69, 9.17) is 0 Å². The molecular weight excluding hydrogens is 324 g/mol. The number of nitro groups is 1. The summed E-state index contributed by atoms with van der Waals surface area (Å²) < 4.78 is 0.683. The molecule has 1 aromatic heterocycles. The number of nitrogens with zero attached hydrogens (tertiary/aromatic N) is 3. The summed E-state index contributed by atoms with van der Waals surface area (Å²) in [5.41, 5.74) is 0.0125. The van der Waals surface area contributed by atoms with Crippen LogP contribution in [-0.4, -0.2) is 36.1 Å². The third kappa shape index (κ3) is 3.67. The Morgan fingerprint density at radius 1 is 1.55 bits per heavy atom. The molecule has 0 saturated carbocycles. The Morgan fingerprint density at radius 2 is 2.25 bits per heavy atom. The number of nitrogens with one attached hydrogen (secondary N) is 1. The molecule has 1 saturated heterocycles. The molecule has 1 fully saturated rings. The van der Waals surface area contributed by atoms with E-state index in [1.807, 2.05) is 0 Å². The van der Waals surface area contributed by atoms with Crippen LogP contribution in [0.4, 0.5) is 11.5 Å². The van der Waals surface area contributed by atoms with Gasteiger partial charge in [-0.15, -0.1) is 0 Å². The molecule has 20 heavy (non-hydrogen) atoms. The van der Waals surface area contributed by atoms with Gasteiger partial charge in [-0.05, 0) is 54.7 Å². The van der Waals surface area contributed by atoms with Gasteiger partial charge in [0.25, 0.3) is 5.69 Å². The van der Waals surface area contributed by atoms with Gasteiger partial charge < -0.3 is 10.2 Å². The molecule has 2 rings (SSSR count). The van der Waals surface area contributed by atoms with Crippen molar-refractivity contribution in [3.63, 3.8) is 0 Å². The Labute approximate surface area is 126 Å². The maximum absolute atomic E-state index is 10.7. The SMILES string of the molecule is CCN(CC1CCNCC1)c1ncc([N+](=O)[O-])cc1Br. The molecule has 1 aliphatic heterocycles. The predicted octanol–water partition coefficient (Wildman–Crippen LogP) is 2.58. The van der Waals surface area contributed by atoms with Crippen molar-refractivity contribution in [1.82, 2.24) is 10.3 Å². The summed E-state index contributed by atoms with van der Waals surface area (Å²) in [4.78, 5) is 16.8. The highest BCUT2D eigenvalue weighted by Gasteiger charge is 2.20. The minimum absolute atomic E-state index is 0.0125. The number of pyridine rings is 1. The summed E-state index contributed by atoms with van der Waals surface area (Å²) in [5, 5.41) is 14.1. The van der Waals surface area contributed by atoms with Crippen molar-refractivity contribution >= 4 is 27.4 Å². The second-order valence-electron chi connectivity index (χ2n) is 4.99. The van der Waals surface area contributed by atoms with Gasteiger partial charge in [0.05, 0.1) is 9.40 Å². The number of hydrogen-bond donors (Lipinski definition) is 1. The Balaban J connectivity index is 2.12. The van der Waals surface area contributed by atoms with Gasteiger partial charge in [0.2, 0.25) is 0 Å². The van der Waals surface area contributed by atoms with Gasteiger partial charge in [-0.1, -0.05) is 0 Å². The molecule has 1 aromatic rings. The van der Waals surface area contributed by atoms with Gasteiger partial charge >= 0.3 is 0 Å². The maximum Gasteiger partial charge on any atom is 0.288 e. The van der Waals surface area contributed by atoms with Gasteiger partial charge in [0.1, 0.15) is 12.0 Å². The molecule has 0 bridgehead atoms. The minimum atomic E-state index is -0.426. The average molecular weight is 343 g/mol. The number of hydrogen-bond acceptors (Lipinski definition) is 5. The van der Waals surface area contributed by atoms with Gasteiger partial charge in [-0.3, -0.25) is 10.1 Å². The van der Waals surface area contributed by atoms with E-state index >= 15 is 0 Å². The van der Waals surface area contributed by atoms with Crippen molar-refractivity contribution in [2.75, 3.05) is 31.1 Å². The van der Waals surface area contributed by atoms with Crippen LogP contribution in [0.5, 0.6) is 0 Å². The zero-order chi connectivity index (χ0) is 14.5. The van der Waals surface area contributed by atoms with Gasteiger partial charge in [0, 0.05) is 19.2 Å². The lowest BCUT2D eigenvalue weighted by Crippen LogP contribution is -2.36. The second kappa shape index (κ2) is 6.99. The van der Waals surface area contributed by atoms with E-state index in [9.17, 15) is 10.1 Å². The van der Waals surface area contributed by atoms with Crippen molar-refractivity contribution in [2.24, 2.45) is 5.92 Å². The molecule has 0 unspecified atom stereocenters. The smallest absolute Gasteiger partial charge is 0.288 e. The lowest BCUT2D eigenvalue weighted by atomic mass is 9.97. The predicted molar refractivity (Wildman–Crippen MR) is 82.1 cm³/mol. The van der Waals surface area contributed by atoms with Crippen LogP contribution in [0.15, 0.2) is 16.7 Å². The molecule has 6 nitrogen and oxygen atoms in total. The molecule has 0 aliphatic carbocycles. The van der Waals surface area contributed by atoms with E-state index in [-0.39, 0.29) is 5.69 Å². The molecule has 0 spiro atoms. The summed E-state index contributed by atoms with van der Waals surface area (Å²) in [7, 11) is 0. The first-order valence-electron chi connectivity index (χ1n) is 6.87. The lowest BCUT2D eigenvalue weighted by molar-refractivity contribution is -0.385. The van der Waals surface area contributed by atoms with Crippen LogP contribution < -0.4 is 10.2 Å². The Morgan fingerprint density at radius 3 is 2.80 bits per heavy atom. The molecule has 110 valence electrons. The summed E-state index contributed by atoms with van der Waals surface area (Å²) in [6.07, 6.45) is 3.66. The van der Waals surface area contributed by atoms with Crippen molar-refractivity contribution in [2.45, 2.75) is 19.8 Å². The van der Waals surface area contributed by atoms with E-state index in [0.717, 1.165) is 32.0 Å². The molecule has 0 atom stereocenters. The van der Waals surface area contributed by atoms with Crippen LogP contribution in [0.1, 0.15) is 19.8 Å². The van der Waals surface area contributed by atoms with Gasteiger partial charge in [-0.2, -0.15) is 0 Å². The number of aromatic nitrogens is 1. The largest absolute Gasteiger partial charge is 0.356 e. The van der Waals surface area contributed by atoms with Crippen molar-refractivity contribution in [1.29, 1.82) is 0 Å². The molecule has 7 heteroatoms. The third-order valence-electron chi connectivity index (χ3n) is 3.64. The van der Waals surface area contributed by atoms with E-state index in [1.54, 1.807) is 0 Å². The summed E-state index contributed by atoms with van der Waals surface area (Å²) in [5.74, 6) is 1.44.